The number of nitrogens with one attached hydrogen (secondary N) is 1. The molecular weight excluding hydrogens is 302 g/mol. The molecule has 1 N–H and O–H groups in total. The summed E-state index contributed by atoms with van der Waals surface area (Å²) in [4.78, 5) is 12.0. The Kier molecular flexibility index (Phi) is 5.02. The van der Waals surface area contributed by atoms with Crippen LogP contribution < -0.4 is 5.32 Å². The number of carbonyl (C=O) groups is 1. The molecule has 1 aromatic rings. The van der Waals surface area contributed by atoms with Gasteiger partial charge in [-0.3, -0.25) is 4.79 Å². The molecule has 0 aliphatic carbocycles. The SMILES string of the molecule is CCCC(C)(C)NC(=O)c1ccc(Br)c(Cl)c1. The van der Waals surface area contributed by atoms with Crippen LogP contribution in [0.1, 0.15) is 44.0 Å². The van der Waals surface area contributed by atoms with E-state index < -0.39 is 0 Å². The standard InChI is InChI=1S/C13H17BrClNO/c1-4-7-13(2,3)16-12(17)9-5-6-10(14)11(15)8-9/h5-6,8H,4,7H2,1-3H3,(H,16,17). The van der Waals surface area contributed by atoms with E-state index in [4.69, 9.17) is 11.6 Å². The average Bonchev–Trinajstić information content (AvgIpc) is 2.21. The lowest BCUT2D eigenvalue weighted by Gasteiger charge is -2.25. The molecule has 4 heteroatoms. The van der Waals surface area contributed by atoms with Gasteiger partial charge < -0.3 is 5.32 Å². The summed E-state index contributed by atoms with van der Waals surface area (Å²) in [6.07, 6.45) is 1.98. The first-order valence-corrected chi connectivity index (χ1v) is 6.80. The normalized spacial score (nSPS) is 11.4. The Bertz CT molecular complexity index is 418. The van der Waals surface area contributed by atoms with Gasteiger partial charge in [0.25, 0.3) is 5.91 Å². The van der Waals surface area contributed by atoms with Crippen molar-refractivity contribution in [1.82, 2.24) is 5.32 Å². The molecule has 0 radical (unpaired) electrons. The molecule has 0 aromatic heterocycles. The fourth-order valence-corrected chi connectivity index (χ4v) is 2.13. The molecule has 0 saturated heterocycles. The number of amides is 1. The van der Waals surface area contributed by atoms with Crippen LogP contribution in [0.3, 0.4) is 0 Å². The minimum absolute atomic E-state index is 0.0853. The molecule has 0 aliphatic rings. The van der Waals surface area contributed by atoms with Crippen LogP contribution in [0.2, 0.25) is 5.02 Å². The zero-order chi connectivity index (χ0) is 13.1. The van der Waals surface area contributed by atoms with Gasteiger partial charge in [-0.25, -0.2) is 0 Å². The quantitative estimate of drug-likeness (QED) is 0.875. The maximum absolute atomic E-state index is 12.0. The van der Waals surface area contributed by atoms with E-state index in [1.165, 1.54) is 0 Å². The second-order valence-corrected chi connectivity index (χ2v) is 5.98. The van der Waals surface area contributed by atoms with Crippen LogP contribution in [0.25, 0.3) is 0 Å². The summed E-state index contributed by atoms with van der Waals surface area (Å²) in [5, 5.41) is 3.55. The van der Waals surface area contributed by atoms with E-state index in [1.54, 1.807) is 18.2 Å². The second kappa shape index (κ2) is 5.87. The Morgan fingerprint density at radius 1 is 1.47 bits per heavy atom. The van der Waals surface area contributed by atoms with Crippen molar-refractivity contribution in [3.63, 3.8) is 0 Å². The van der Waals surface area contributed by atoms with E-state index in [0.29, 0.717) is 10.6 Å². The fourth-order valence-electron chi connectivity index (χ4n) is 1.70. The van der Waals surface area contributed by atoms with Gasteiger partial charge in [0.15, 0.2) is 0 Å². The summed E-state index contributed by atoms with van der Waals surface area (Å²) in [6.45, 7) is 6.15. The number of halogens is 2. The van der Waals surface area contributed by atoms with Crippen molar-refractivity contribution in [2.24, 2.45) is 0 Å². The Labute approximate surface area is 116 Å². The van der Waals surface area contributed by atoms with Crippen LogP contribution in [0.5, 0.6) is 0 Å². The predicted molar refractivity (Wildman–Crippen MR) is 75.6 cm³/mol. The molecule has 0 bridgehead atoms. The molecule has 0 saturated carbocycles. The lowest BCUT2D eigenvalue weighted by atomic mass is 9.98. The third kappa shape index (κ3) is 4.32. The smallest absolute Gasteiger partial charge is 0.251 e. The maximum Gasteiger partial charge on any atom is 0.251 e. The van der Waals surface area contributed by atoms with Crippen molar-refractivity contribution in [3.05, 3.63) is 33.3 Å². The van der Waals surface area contributed by atoms with Gasteiger partial charge in [-0.15, -0.1) is 0 Å². The van der Waals surface area contributed by atoms with Gasteiger partial charge in [-0.05, 0) is 54.4 Å². The first-order chi connectivity index (χ1) is 7.85. The highest BCUT2D eigenvalue weighted by Gasteiger charge is 2.20. The average molecular weight is 319 g/mol. The van der Waals surface area contributed by atoms with E-state index in [9.17, 15) is 4.79 Å². The summed E-state index contributed by atoms with van der Waals surface area (Å²) < 4.78 is 0.795. The molecule has 2 nitrogen and oxygen atoms in total. The third-order valence-corrected chi connectivity index (χ3v) is 3.74. The molecule has 0 unspecified atom stereocenters. The molecule has 1 aromatic carbocycles. The molecule has 94 valence electrons. The van der Waals surface area contributed by atoms with Crippen molar-refractivity contribution in [3.8, 4) is 0 Å². The topological polar surface area (TPSA) is 29.1 Å². The Morgan fingerprint density at radius 2 is 2.12 bits per heavy atom. The monoisotopic (exact) mass is 317 g/mol. The first-order valence-electron chi connectivity index (χ1n) is 5.63. The van der Waals surface area contributed by atoms with Crippen molar-refractivity contribution < 1.29 is 4.79 Å². The van der Waals surface area contributed by atoms with Crippen LogP contribution in [0, 0.1) is 0 Å². The number of rotatable bonds is 4. The van der Waals surface area contributed by atoms with Crippen LogP contribution in [0.15, 0.2) is 22.7 Å². The van der Waals surface area contributed by atoms with Gasteiger partial charge in [-0.2, -0.15) is 0 Å². The Hall–Kier alpha value is -0.540. The molecule has 0 heterocycles. The highest BCUT2D eigenvalue weighted by molar-refractivity contribution is 9.10. The molecular formula is C13H17BrClNO. The number of benzene rings is 1. The van der Waals surface area contributed by atoms with E-state index >= 15 is 0 Å². The fraction of sp³-hybridized carbons (Fsp3) is 0.462. The van der Waals surface area contributed by atoms with Gasteiger partial charge in [-0.1, -0.05) is 24.9 Å². The summed E-state index contributed by atoms with van der Waals surface area (Å²) in [5.74, 6) is -0.0853. The Balaban J connectivity index is 2.80. The third-order valence-electron chi connectivity index (χ3n) is 2.51. The van der Waals surface area contributed by atoms with Crippen LogP contribution >= 0.6 is 27.5 Å². The maximum atomic E-state index is 12.0. The lowest BCUT2D eigenvalue weighted by molar-refractivity contribution is 0.0909. The highest BCUT2D eigenvalue weighted by Crippen LogP contribution is 2.23. The minimum atomic E-state index is -0.189. The largest absolute Gasteiger partial charge is 0.347 e. The van der Waals surface area contributed by atoms with Gasteiger partial charge in [0, 0.05) is 15.6 Å². The second-order valence-electron chi connectivity index (χ2n) is 4.72. The van der Waals surface area contributed by atoms with Gasteiger partial charge in [0.1, 0.15) is 0 Å². The number of hydrogen-bond donors (Lipinski definition) is 1. The molecule has 17 heavy (non-hydrogen) atoms. The zero-order valence-electron chi connectivity index (χ0n) is 10.3. The lowest BCUT2D eigenvalue weighted by Crippen LogP contribution is -2.43. The zero-order valence-corrected chi connectivity index (χ0v) is 12.7. The van der Waals surface area contributed by atoms with Crippen LogP contribution in [-0.2, 0) is 0 Å². The van der Waals surface area contributed by atoms with Gasteiger partial charge in [0.05, 0.1) is 5.02 Å². The summed E-state index contributed by atoms with van der Waals surface area (Å²) >= 11 is 9.26. The van der Waals surface area contributed by atoms with E-state index in [2.05, 4.69) is 28.2 Å². The van der Waals surface area contributed by atoms with E-state index in [1.807, 2.05) is 13.8 Å². The number of carbonyl (C=O) groups excluding carboxylic acids is 1. The first kappa shape index (κ1) is 14.5. The minimum Gasteiger partial charge on any atom is -0.347 e. The van der Waals surface area contributed by atoms with Crippen LogP contribution in [-0.4, -0.2) is 11.4 Å². The van der Waals surface area contributed by atoms with Gasteiger partial charge in [0.2, 0.25) is 0 Å². The van der Waals surface area contributed by atoms with Crippen LogP contribution in [0.4, 0.5) is 0 Å². The molecule has 0 atom stereocenters. The van der Waals surface area contributed by atoms with Gasteiger partial charge >= 0.3 is 0 Å². The molecule has 1 rings (SSSR count). The van der Waals surface area contributed by atoms with Crippen molar-refractivity contribution in [2.75, 3.05) is 0 Å². The molecule has 0 spiro atoms. The predicted octanol–water partition coefficient (Wildman–Crippen LogP) is 4.41. The molecule has 0 fully saturated rings. The van der Waals surface area contributed by atoms with Crippen molar-refractivity contribution in [2.45, 2.75) is 39.2 Å². The van der Waals surface area contributed by atoms with Crippen molar-refractivity contribution in [1.29, 1.82) is 0 Å². The molecule has 1 amide bonds. The number of hydrogen-bond acceptors (Lipinski definition) is 1. The Morgan fingerprint density at radius 3 is 2.65 bits per heavy atom. The van der Waals surface area contributed by atoms with E-state index in [-0.39, 0.29) is 11.4 Å². The van der Waals surface area contributed by atoms with E-state index in [0.717, 1.165) is 17.3 Å². The highest BCUT2D eigenvalue weighted by atomic mass is 79.9. The van der Waals surface area contributed by atoms with Crippen molar-refractivity contribution >= 4 is 33.4 Å². The summed E-state index contributed by atoms with van der Waals surface area (Å²) in [7, 11) is 0. The summed E-state index contributed by atoms with van der Waals surface area (Å²) in [6, 6.07) is 5.21. The summed E-state index contributed by atoms with van der Waals surface area (Å²) in [5.41, 5.74) is 0.396. The molecule has 0 aliphatic heterocycles.